The lowest BCUT2D eigenvalue weighted by atomic mass is 10.1. The Bertz CT molecular complexity index is 1350. The molecule has 9 heteroatoms. The van der Waals surface area contributed by atoms with E-state index in [0.29, 0.717) is 5.75 Å². The summed E-state index contributed by atoms with van der Waals surface area (Å²) in [7, 11) is 2.44. The van der Waals surface area contributed by atoms with Crippen LogP contribution in [0.5, 0.6) is 5.75 Å². The maximum absolute atomic E-state index is 12.7. The zero-order valence-electron chi connectivity index (χ0n) is 19.6. The van der Waals surface area contributed by atoms with Crippen molar-refractivity contribution in [3.05, 3.63) is 102 Å². The smallest absolute Gasteiger partial charge is 0.337 e. The average Bonchev–Trinajstić information content (AvgIpc) is 3.41. The predicted molar refractivity (Wildman–Crippen MR) is 132 cm³/mol. The van der Waals surface area contributed by atoms with Gasteiger partial charge in [-0.15, -0.1) is 0 Å². The summed E-state index contributed by atoms with van der Waals surface area (Å²) in [5, 5.41) is 6.87. The number of carbonyl (C=O) groups excluding carboxylic acids is 3. The van der Waals surface area contributed by atoms with Crippen LogP contribution >= 0.6 is 0 Å². The molecule has 4 rings (SSSR count). The van der Waals surface area contributed by atoms with Crippen molar-refractivity contribution in [2.75, 3.05) is 19.5 Å². The van der Waals surface area contributed by atoms with Crippen LogP contribution in [0.4, 0.5) is 5.69 Å². The molecule has 0 saturated heterocycles. The van der Waals surface area contributed by atoms with Gasteiger partial charge in [0.1, 0.15) is 5.75 Å². The van der Waals surface area contributed by atoms with Gasteiger partial charge in [-0.2, -0.15) is 5.10 Å². The van der Waals surface area contributed by atoms with E-state index in [9.17, 15) is 14.4 Å². The van der Waals surface area contributed by atoms with Gasteiger partial charge in [-0.3, -0.25) is 4.79 Å². The summed E-state index contributed by atoms with van der Waals surface area (Å²) in [6.45, 7) is 0.0995. The lowest BCUT2D eigenvalue weighted by Gasteiger charge is -2.09. The van der Waals surface area contributed by atoms with Crippen LogP contribution in [0.15, 0.2) is 85.1 Å². The van der Waals surface area contributed by atoms with Gasteiger partial charge in [0, 0.05) is 11.9 Å². The van der Waals surface area contributed by atoms with Crippen molar-refractivity contribution < 1.29 is 28.6 Å². The zero-order valence-corrected chi connectivity index (χ0v) is 19.6. The maximum atomic E-state index is 12.7. The Labute approximate surface area is 207 Å². The van der Waals surface area contributed by atoms with Gasteiger partial charge in [-0.05, 0) is 47.5 Å². The van der Waals surface area contributed by atoms with E-state index in [-0.39, 0.29) is 29.2 Å². The first-order valence-electron chi connectivity index (χ1n) is 10.9. The normalized spacial score (nSPS) is 10.4. The minimum Gasteiger partial charge on any atom is -0.471 e. The molecule has 3 aromatic carbocycles. The lowest BCUT2D eigenvalue weighted by molar-refractivity contribution is 0.0599. The molecule has 182 valence electrons. The summed E-state index contributed by atoms with van der Waals surface area (Å²) < 4.78 is 16.7. The van der Waals surface area contributed by atoms with Crippen molar-refractivity contribution in [1.82, 2.24) is 9.78 Å². The number of rotatable bonds is 8. The second-order valence-corrected chi connectivity index (χ2v) is 7.64. The van der Waals surface area contributed by atoms with Crippen molar-refractivity contribution in [2.24, 2.45) is 0 Å². The molecule has 0 radical (unpaired) electrons. The molecule has 4 aromatic rings. The second-order valence-electron chi connectivity index (χ2n) is 7.64. The minimum absolute atomic E-state index is 0.0907. The molecule has 1 aromatic heterocycles. The van der Waals surface area contributed by atoms with Gasteiger partial charge in [0.15, 0.2) is 12.4 Å². The molecular weight excluding hydrogens is 462 g/mol. The number of esters is 2. The van der Waals surface area contributed by atoms with Crippen LogP contribution in [0.25, 0.3) is 11.1 Å². The molecule has 1 heterocycles. The van der Waals surface area contributed by atoms with Gasteiger partial charge in [0.2, 0.25) is 0 Å². The average molecular weight is 485 g/mol. The third-order valence-electron chi connectivity index (χ3n) is 5.23. The first-order chi connectivity index (χ1) is 17.5. The fraction of sp³-hybridized carbons (Fsp3) is 0.111. The van der Waals surface area contributed by atoms with Crippen LogP contribution < -0.4 is 10.1 Å². The molecule has 0 aliphatic carbocycles. The molecule has 36 heavy (non-hydrogen) atoms. The zero-order chi connectivity index (χ0) is 25.5. The maximum Gasteiger partial charge on any atom is 0.337 e. The molecule has 1 N–H and O–H groups in total. The number of amides is 1. The summed E-state index contributed by atoms with van der Waals surface area (Å²) >= 11 is 0. The lowest BCUT2D eigenvalue weighted by Crippen LogP contribution is -2.16. The molecular formula is C27H23N3O6. The number of nitrogens with one attached hydrogen (secondary N) is 1. The van der Waals surface area contributed by atoms with Gasteiger partial charge in [0.05, 0.1) is 25.3 Å². The van der Waals surface area contributed by atoms with Crippen LogP contribution in [0, 0.1) is 0 Å². The quantitative estimate of drug-likeness (QED) is 0.368. The number of ether oxygens (including phenoxy) is 3. The van der Waals surface area contributed by atoms with Crippen molar-refractivity contribution >= 4 is 23.5 Å². The van der Waals surface area contributed by atoms with Gasteiger partial charge < -0.3 is 19.5 Å². The molecule has 9 nitrogen and oxygen atoms in total. The minimum atomic E-state index is -0.658. The summed E-state index contributed by atoms with van der Waals surface area (Å²) in [5.74, 6) is -1.19. The number of anilines is 1. The molecule has 0 bridgehead atoms. The van der Waals surface area contributed by atoms with Crippen LogP contribution in [0.3, 0.4) is 0 Å². The summed E-state index contributed by atoms with van der Waals surface area (Å²) in [5.41, 5.74) is 2.71. The molecule has 0 spiro atoms. The van der Waals surface area contributed by atoms with E-state index >= 15 is 0 Å². The number of hydrogen-bond donors (Lipinski definition) is 1. The molecule has 0 fully saturated rings. The number of aromatic nitrogens is 2. The highest BCUT2D eigenvalue weighted by Crippen LogP contribution is 2.22. The Morgan fingerprint density at radius 3 is 2.03 bits per heavy atom. The molecule has 0 aliphatic rings. The van der Waals surface area contributed by atoms with Crippen molar-refractivity contribution in [3.8, 4) is 16.9 Å². The number of benzene rings is 3. The molecule has 0 aliphatic heterocycles. The third kappa shape index (κ3) is 5.76. The summed E-state index contributed by atoms with van der Waals surface area (Å²) in [4.78, 5) is 36.6. The summed E-state index contributed by atoms with van der Waals surface area (Å²) in [6, 6.07) is 23.3. The van der Waals surface area contributed by atoms with Gasteiger partial charge in [-0.25, -0.2) is 14.3 Å². The highest BCUT2D eigenvalue weighted by molar-refractivity contribution is 6.05. The first kappa shape index (κ1) is 24.2. The van der Waals surface area contributed by atoms with Gasteiger partial charge >= 0.3 is 11.9 Å². The molecule has 1 amide bonds. The topological polar surface area (TPSA) is 109 Å². The van der Waals surface area contributed by atoms with E-state index in [1.165, 1.54) is 43.2 Å². The van der Waals surface area contributed by atoms with E-state index in [1.54, 1.807) is 6.20 Å². The van der Waals surface area contributed by atoms with Crippen molar-refractivity contribution in [2.45, 2.75) is 6.73 Å². The predicted octanol–water partition coefficient (Wildman–Crippen LogP) is 4.41. The van der Waals surface area contributed by atoms with Crippen LogP contribution in [0.2, 0.25) is 0 Å². The van der Waals surface area contributed by atoms with Gasteiger partial charge in [-0.1, -0.05) is 42.5 Å². The van der Waals surface area contributed by atoms with Crippen molar-refractivity contribution in [1.29, 1.82) is 0 Å². The fourth-order valence-electron chi connectivity index (χ4n) is 3.44. The van der Waals surface area contributed by atoms with Crippen LogP contribution in [-0.4, -0.2) is 41.8 Å². The third-order valence-corrected chi connectivity index (χ3v) is 5.23. The number of carbonyl (C=O) groups is 3. The Hall–Kier alpha value is -4.92. The monoisotopic (exact) mass is 485 g/mol. The standard InChI is InChI=1S/C27H23N3O6/c1-34-26(32)20-14-21(27(33)35-2)16-22(15-20)28-25(31)24-12-13-30(29-24)17-36-23-10-8-19(9-11-23)18-6-4-3-5-7-18/h3-16H,17H2,1-2H3,(H,28,31). The Morgan fingerprint density at radius 1 is 0.806 bits per heavy atom. The number of methoxy groups -OCH3 is 2. The van der Waals surface area contributed by atoms with Crippen molar-refractivity contribution in [3.63, 3.8) is 0 Å². The fourth-order valence-corrected chi connectivity index (χ4v) is 3.44. The van der Waals surface area contributed by atoms with E-state index in [0.717, 1.165) is 11.1 Å². The molecule has 0 atom stereocenters. The van der Waals surface area contributed by atoms with E-state index in [1.807, 2.05) is 54.6 Å². The SMILES string of the molecule is COC(=O)c1cc(NC(=O)c2ccn(COc3ccc(-c4ccccc4)cc3)n2)cc(C(=O)OC)c1. The van der Waals surface area contributed by atoms with E-state index < -0.39 is 17.8 Å². The first-order valence-corrected chi connectivity index (χ1v) is 10.9. The summed E-state index contributed by atoms with van der Waals surface area (Å²) in [6.07, 6.45) is 1.61. The van der Waals surface area contributed by atoms with E-state index in [2.05, 4.69) is 10.4 Å². The Morgan fingerprint density at radius 2 is 1.42 bits per heavy atom. The second kappa shape index (κ2) is 11.0. The largest absolute Gasteiger partial charge is 0.471 e. The Balaban J connectivity index is 1.40. The number of hydrogen-bond acceptors (Lipinski definition) is 7. The van der Waals surface area contributed by atoms with Crippen LogP contribution in [0.1, 0.15) is 31.2 Å². The van der Waals surface area contributed by atoms with Crippen LogP contribution in [-0.2, 0) is 16.2 Å². The Kier molecular flexibility index (Phi) is 7.40. The van der Waals surface area contributed by atoms with Gasteiger partial charge in [0.25, 0.3) is 5.91 Å². The van der Waals surface area contributed by atoms with E-state index in [4.69, 9.17) is 14.2 Å². The molecule has 0 unspecified atom stereocenters. The number of nitrogens with zero attached hydrogens (tertiary/aromatic N) is 2. The highest BCUT2D eigenvalue weighted by Gasteiger charge is 2.16. The highest BCUT2D eigenvalue weighted by atomic mass is 16.5. The molecule has 0 saturated carbocycles.